The number of methoxy groups -OCH3 is 1. The molecule has 1 aromatic rings. The first-order valence-corrected chi connectivity index (χ1v) is 5.73. The van der Waals surface area contributed by atoms with Crippen LogP contribution in [0.2, 0.25) is 0 Å². The Morgan fingerprint density at radius 3 is 2.50 bits per heavy atom. The Morgan fingerprint density at radius 2 is 2.00 bits per heavy atom. The molecule has 1 atom stereocenters. The molecule has 0 bridgehead atoms. The maximum absolute atomic E-state index is 9.87. The van der Waals surface area contributed by atoms with E-state index in [4.69, 9.17) is 4.74 Å². The van der Waals surface area contributed by atoms with Gasteiger partial charge in [0.15, 0.2) is 0 Å². The van der Waals surface area contributed by atoms with E-state index in [1.165, 1.54) is 5.56 Å². The van der Waals surface area contributed by atoms with Crippen molar-refractivity contribution in [3.63, 3.8) is 0 Å². The molecule has 0 spiro atoms. The van der Waals surface area contributed by atoms with Crippen molar-refractivity contribution >= 4 is 0 Å². The highest BCUT2D eigenvalue weighted by molar-refractivity contribution is 5.27. The molecule has 2 rings (SSSR count). The van der Waals surface area contributed by atoms with Crippen LogP contribution in [0.4, 0.5) is 0 Å². The summed E-state index contributed by atoms with van der Waals surface area (Å²) in [6.45, 7) is 2.82. The smallest absolute Gasteiger partial charge is 0.118 e. The summed E-state index contributed by atoms with van der Waals surface area (Å²) >= 11 is 0. The summed E-state index contributed by atoms with van der Waals surface area (Å²) in [5, 5.41) is 13.2. The van der Waals surface area contributed by atoms with E-state index in [1.807, 2.05) is 31.2 Å². The Labute approximate surface area is 96.4 Å². The third-order valence-corrected chi connectivity index (χ3v) is 3.34. The second-order valence-corrected chi connectivity index (χ2v) is 4.55. The zero-order valence-corrected chi connectivity index (χ0v) is 9.86. The zero-order chi connectivity index (χ0) is 11.6. The highest BCUT2D eigenvalue weighted by Crippen LogP contribution is 2.38. The number of ether oxygens (including phenoxy) is 1. The van der Waals surface area contributed by atoms with Crippen LogP contribution in [-0.2, 0) is 6.54 Å². The molecular formula is C13H19NO2. The van der Waals surface area contributed by atoms with Gasteiger partial charge in [0, 0.05) is 12.6 Å². The summed E-state index contributed by atoms with van der Waals surface area (Å²) in [6.07, 6.45) is 1.84. The Morgan fingerprint density at radius 1 is 1.38 bits per heavy atom. The molecule has 1 unspecified atom stereocenters. The van der Waals surface area contributed by atoms with E-state index in [0.717, 1.165) is 25.1 Å². The van der Waals surface area contributed by atoms with E-state index in [9.17, 15) is 5.11 Å². The fraction of sp³-hybridized carbons (Fsp3) is 0.538. The molecule has 0 radical (unpaired) electrons. The van der Waals surface area contributed by atoms with Crippen LogP contribution < -0.4 is 10.1 Å². The molecule has 1 saturated carbocycles. The highest BCUT2D eigenvalue weighted by Gasteiger charge is 2.45. The Kier molecular flexibility index (Phi) is 3.17. The van der Waals surface area contributed by atoms with Crippen molar-refractivity contribution in [2.75, 3.05) is 7.11 Å². The lowest BCUT2D eigenvalue weighted by molar-refractivity contribution is 0.109. The van der Waals surface area contributed by atoms with Gasteiger partial charge in [-0.3, -0.25) is 0 Å². The predicted molar refractivity (Wildman–Crippen MR) is 63.5 cm³/mol. The summed E-state index contributed by atoms with van der Waals surface area (Å²) in [5.74, 6) is 0.873. The fourth-order valence-electron chi connectivity index (χ4n) is 1.77. The Hall–Kier alpha value is -1.06. The van der Waals surface area contributed by atoms with Crippen molar-refractivity contribution in [1.29, 1.82) is 0 Å². The molecule has 1 aromatic carbocycles. The van der Waals surface area contributed by atoms with Crippen molar-refractivity contribution < 1.29 is 9.84 Å². The van der Waals surface area contributed by atoms with Crippen LogP contribution in [0.3, 0.4) is 0 Å². The molecule has 16 heavy (non-hydrogen) atoms. The third-order valence-electron chi connectivity index (χ3n) is 3.34. The number of nitrogens with one attached hydrogen (secondary N) is 1. The summed E-state index contributed by atoms with van der Waals surface area (Å²) in [5.41, 5.74) is 0.754. The number of aliphatic hydroxyl groups is 1. The first kappa shape index (κ1) is 11.4. The largest absolute Gasteiger partial charge is 0.497 e. The first-order chi connectivity index (χ1) is 7.64. The van der Waals surface area contributed by atoms with Crippen LogP contribution in [-0.4, -0.2) is 23.9 Å². The van der Waals surface area contributed by atoms with Crippen molar-refractivity contribution in [1.82, 2.24) is 5.32 Å². The quantitative estimate of drug-likeness (QED) is 0.795. The molecule has 88 valence electrons. The summed E-state index contributed by atoms with van der Waals surface area (Å²) in [7, 11) is 1.66. The van der Waals surface area contributed by atoms with Crippen LogP contribution in [0.15, 0.2) is 24.3 Å². The SMILES string of the molecule is COc1ccc(CNC(C)C2(O)CC2)cc1. The third kappa shape index (κ3) is 2.54. The van der Waals surface area contributed by atoms with Crippen molar-refractivity contribution in [2.24, 2.45) is 0 Å². The Balaban J connectivity index is 1.84. The van der Waals surface area contributed by atoms with E-state index < -0.39 is 5.60 Å². The average Bonchev–Trinajstić information content (AvgIpc) is 3.06. The van der Waals surface area contributed by atoms with Crippen molar-refractivity contribution in [2.45, 2.75) is 38.0 Å². The topological polar surface area (TPSA) is 41.5 Å². The number of rotatable bonds is 5. The van der Waals surface area contributed by atoms with E-state index in [-0.39, 0.29) is 6.04 Å². The van der Waals surface area contributed by atoms with Crippen LogP contribution in [0, 0.1) is 0 Å². The van der Waals surface area contributed by atoms with Gasteiger partial charge in [0.25, 0.3) is 0 Å². The normalized spacial score (nSPS) is 19.2. The van der Waals surface area contributed by atoms with Gasteiger partial charge >= 0.3 is 0 Å². The van der Waals surface area contributed by atoms with Gasteiger partial charge in [-0.05, 0) is 37.5 Å². The van der Waals surface area contributed by atoms with Gasteiger partial charge in [-0.2, -0.15) is 0 Å². The molecule has 2 N–H and O–H groups in total. The van der Waals surface area contributed by atoms with Gasteiger partial charge < -0.3 is 15.2 Å². The van der Waals surface area contributed by atoms with Gasteiger partial charge in [-0.1, -0.05) is 12.1 Å². The van der Waals surface area contributed by atoms with Gasteiger partial charge in [-0.15, -0.1) is 0 Å². The predicted octanol–water partition coefficient (Wildman–Crippen LogP) is 1.70. The minimum Gasteiger partial charge on any atom is -0.497 e. The highest BCUT2D eigenvalue weighted by atomic mass is 16.5. The number of hydrogen-bond acceptors (Lipinski definition) is 3. The van der Waals surface area contributed by atoms with E-state index in [1.54, 1.807) is 7.11 Å². The lowest BCUT2D eigenvalue weighted by atomic mass is 10.1. The fourth-order valence-corrected chi connectivity index (χ4v) is 1.77. The van der Waals surface area contributed by atoms with Gasteiger partial charge in [0.05, 0.1) is 12.7 Å². The Bertz CT molecular complexity index is 343. The summed E-state index contributed by atoms with van der Waals surface area (Å²) in [4.78, 5) is 0. The van der Waals surface area contributed by atoms with E-state index in [0.29, 0.717) is 0 Å². The zero-order valence-electron chi connectivity index (χ0n) is 9.86. The van der Waals surface area contributed by atoms with Gasteiger partial charge in [0.2, 0.25) is 0 Å². The van der Waals surface area contributed by atoms with Crippen LogP contribution in [0.5, 0.6) is 5.75 Å². The first-order valence-electron chi connectivity index (χ1n) is 5.73. The van der Waals surface area contributed by atoms with Crippen LogP contribution >= 0.6 is 0 Å². The van der Waals surface area contributed by atoms with E-state index >= 15 is 0 Å². The maximum atomic E-state index is 9.87. The number of hydrogen-bond donors (Lipinski definition) is 2. The molecule has 1 aliphatic rings. The summed E-state index contributed by atoms with van der Waals surface area (Å²) in [6, 6.07) is 8.14. The number of benzene rings is 1. The second-order valence-electron chi connectivity index (χ2n) is 4.55. The molecule has 0 aliphatic heterocycles. The van der Waals surface area contributed by atoms with Crippen molar-refractivity contribution in [3.05, 3.63) is 29.8 Å². The van der Waals surface area contributed by atoms with Gasteiger partial charge in [0.1, 0.15) is 5.75 Å². The summed E-state index contributed by atoms with van der Waals surface area (Å²) < 4.78 is 5.10. The minimum atomic E-state index is -0.452. The molecule has 3 heteroatoms. The molecule has 0 heterocycles. The molecular weight excluding hydrogens is 202 g/mol. The molecule has 0 saturated heterocycles. The monoisotopic (exact) mass is 221 g/mol. The lowest BCUT2D eigenvalue weighted by Gasteiger charge is -2.19. The molecule has 0 aromatic heterocycles. The minimum absolute atomic E-state index is 0.162. The molecule has 3 nitrogen and oxygen atoms in total. The molecule has 0 amide bonds. The van der Waals surface area contributed by atoms with Crippen LogP contribution in [0.1, 0.15) is 25.3 Å². The van der Waals surface area contributed by atoms with Gasteiger partial charge in [-0.25, -0.2) is 0 Å². The average molecular weight is 221 g/mol. The van der Waals surface area contributed by atoms with Crippen LogP contribution in [0.25, 0.3) is 0 Å². The van der Waals surface area contributed by atoms with E-state index in [2.05, 4.69) is 5.32 Å². The maximum Gasteiger partial charge on any atom is 0.118 e. The second kappa shape index (κ2) is 4.44. The van der Waals surface area contributed by atoms with Crippen molar-refractivity contribution in [3.8, 4) is 5.75 Å². The standard InChI is InChI=1S/C13H19NO2/c1-10(13(15)7-8-13)14-9-11-3-5-12(16-2)6-4-11/h3-6,10,14-15H,7-9H2,1-2H3. The molecule has 1 aliphatic carbocycles. The molecule has 1 fully saturated rings. The lowest BCUT2D eigenvalue weighted by Crippen LogP contribution is -2.38.